The fraction of sp³-hybridized carbons (Fsp3) is 0.400. The van der Waals surface area contributed by atoms with Crippen LogP contribution in [-0.2, 0) is 4.79 Å². The van der Waals surface area contributed by atoms with Gasteiger partial charge in [-0.15, -0.1) is 0 Å². The second-order valence-corrected chi connectivity index (χ2v) is 4.95. The molecule has 1 aromatic rings. The Morgan fingerprint density at radius 2 is 2.06 bits per heavy atom. The highest BCUT2D eigenvalue weighted by Crippen LogP contribution is 2.27. The summed E-state index contributed by atoms with van der Waals surface area (Å²) in [5, 5.41) is 9.20. The van der Waals surface area contributed by atoms with Gasteiger partial charge in [-0.25, -0.2) is 0 Å². The van der Waals surface area contributed by atoms with E-state index in [1.165, 1.54) is 0 Å². The average Bonchev–Trinajstić information content (AvgIpc) is 2.35. The monoisotopic (exact) mass is 245 g/mol. The summed E-state index contributed by atoms with van der Waals surface area (Å²) in [7, 11) is 1.81. The van der Waals surface area contributed by atoms with Gasteiger partial charge in [0.05, 0.1) is 6.10 Å². The molecule has 3 heteroatoms. The fourth-order valence-corrected chi connectivity index (χ4v) is 2.19. The lowest BCUT2D eigenvalue weighted by atomic mass is 9.82. The number of aliphatic hydroxyl groups is 1. The highest BCUT2D eigenvalue weighted by atomic mass is 16.3. The van der Waals surface area contributed by atoms with Crippen LogP contribution in [0.4, 0.5) is 0 Å². The number of likely N-dealkylation sites (N-methyl/N-ethyl adjacent to an activating group) is 1. The van der Waals surface area contributed by atoms with E-state index in [0.29, 0.717) is 5.92 Å². The molecule has 0 aliphatic heterocycles. The van der Waals surface area contributed by atoms with Crippen LogP contribution < -0.4 is 0 Å². The Labute approximate surface area is 108 Å². The summed E-state index contributed by atoms with van der Waals surface area (Å²) in [6, 6.07) is 9.78. The van der Waals surface area contributed by atoms with Crippen molar-refractivity contribution in [3.63, 3.8) is 0 Å². The Morgan fingerprint density at radius 1 is 1.39 bits per heavy atom. The van der Waals surface area contributed by atoms with Crippen LogP contribution in [0.15, 0.2) is 36.4 Å². The maximum atomic E-state index is 11.9. The van der Waals surface area contributed by atoms with E-state index in [1.54, 1.807) is 11.0 Å². The number of aliphatic hydroxyl groups excluding tert-OH is 1. The number of nitrogens with zero attached hydrogens (tertiary/aromatic N) is 1. The van der Waals surface area contributed by atoms with Crippen LogP contribution in [0.3, 0.4) is 0 Å². The van der Waals surface area contributed by atoms with E-state index in [-0.39, 0.29) is 12.0 Å². The van der Waals surface area contributed by atoms with Gasteiger partial charge in [0.25, 0.3) is 0 Å². The molecule has 96 valence electrons. The van der Waals surface area contributed by atoms with Gasteiger partial charge < -0.3 is 10.0 Å². The second-order valence-electron chi connectivity index (χ2n) is 4.95. The molecule has 1 aliphatic carbocycles. The van der Waals surface area contributed by atoms with E-state index < -0.39 is 0 Å². The molecule has 3 nitrogen and oxygen atoms in total. The van der Waals surface area contributed by atoms with Crippen molar-refractivity contribution in [3.05, 3.63) is 42.0 Å². The van der Waals surface area contributed by atoms with Crippen LogP contribution in [0.25, 0.3) is 6.08 Å². The molecule has 0 aromatic heterocycles. The molecule has 0 radical (unpaired) electrons. The second kappa shape index (κ2) is 5.83. The predicted molar refractivity (Wildman–Crippen MR) is 71.8 cm³/mol. The molecular weight excluding hydrogens is 226 g/mol. The van der Waals surface area contributed by atoms with Crippen LogP contribution in [0.2, 0.25) is 0 Å². The van der Waals surface area contributed by atoms with E-state index in [1.807, 2.05) is 43.5 Å². The molecule has 1 saturated carbocycles. The lowest BCUT2D eigenvalue weighted by Crippen LogP contribution is -2.38. The third kappa shape index (κ3) is 3.44. The van der Waals surface area contributed by atoms with Gasteiger partial charge in [-0.1, -0.05) is 30.3 Å². The summed E-state index contributed by atoms with van der Waals surface area (Å²) < 4.78 is 0. The van der Waals surface area contributed by atoms with Crippen molar-refractivity contribution in [2.45, 2.75) is 18.9 Å². The zero-order chi connectivity index (χ0) is 13.0. The standard InChI is InChI=1S/C15H19NO2/c1-16(11-13-9-14(17)10-13)15(18)8-7-12-5-3-2-4-6-12/h2-8,13-14,17H,9-11H2,1H3. The molecule has 0 heterocycles. The van der Waals surface area contributed by atoms with Crippen molar-refractivity contribution < 1.29 is 9.90 Å². The summed E-state index contributed by atoms with van der Waals surface area (Å²) in [6.07, 6.45) is 4.91. The van der Waals surface area contributed by atoms with Crippen LogP contribution in [0.5, 0.6) is 0 Å². The summed E-state index contributed by atoms with van der Waals surface area (Å²) in [5.41, 5.74) is 1.03. The third-order valence-corrected chi connectivity index (χ3v) is 3.34. The van der Waals surface area contributed by atoms with Crippen molar-refractivity contribution >= 4 is 12.0 Å². The van der Waals surface area contributed by atoms with Gasteiger partial charge in [0.15, 0.2) is 0 Å². The Balaban J connectivity index is 1.82. The molecule has 18 heavy (non-hydrogen) atoms. The summed E-state index contributed by atoms with van der Waals surface area (Å²) in [4.78, 5) is 13.6. The smallest absolute Gasteiger partial charge is 0.246 e. The van der Waals surface area contributed by atoms with Gasteiger partial charge in [-0.2, -0.15) is 0 Å². The molecular formula is C15H19NO2. The molecule has 1 amide bonds. The molecule has 1 fully saturated rings. The SMILES string of the molecule is CN(CC1CC(O)C1)C(=O)C=Cc1ccccc1. The van der Waals surface area contributed by atoms with Gasteiger partial charge in [0.1, 0.15) is 0 Å². The maximum absolute atomic E-state index is 11.9. The number of hydrogen-bond acceptors (Lipinski definition) is 2. The zero-order valence-corrected chi connectivity index (χ0v) is 10.6. The van der Waals surface area contributed by atoms with Crippen molar-refractivity contribution in [3.8, 4) is 0 Å². The van der Waals surface area contributed by atoms with Gasteiger partial charge in [0, 0.05) is 19.7 Å². The van der Waals surface area contributed by atoms with Crippen LogP contribution in [0.1, 0.15) is 18.4 Å². The molecule has 1 aliphatic rings. The Morgan fingerprint density at radius 3 is 2.67 bits per heavy atom. The van der Waals surface area contributed by atoms with Crippen molar-refractivity contribution in [1.82, 2.24) is 4.90 Å². The number of carbonyl (C=O) groups is 1. The highest BCUT2D eigenvalue weighted by molar-refractivity contribution is 5.91. The lowest BCUT2D eigenvalue weighted by Gasteiger charge is -2.34. The third-order valence-electron chi connectivity index (χ3n) is 3.34. The first-order valence-corrected chi connectivity index (χ1v) is 6.31. The van der Waals surface area contributed by atoms with Gasteiger partial charge >= 0.3 is 0 Å². The van der Waals surface area contributed by atoms with Gasteiger partial charge in [-0.3, -0.25) is 4.79 Å². The van der Waals surface area contributed by atoms with Crippen LogP contribution in [0, 0.1) is 5.92 Å². The topological polar surface area (TPSA) is 40.5 Å². The number of amides is 1. The first-order chi connectivity index (χ1) is 8.65. The Kier molecular flexibility index (Phi) is 4.15. The molecule has 1 N–H and O–H groups in total. The molecule has 0 bridgehead atoms. The van der Waals surface area contributed by atoms with Crippen LogP contribution >= 0.6 is 0 Å². The molecule has 0 saturated heterocycles. The number of rotatable bonds is 4. The fourth-order valence-electron chi connectivity index (χ4n) is 2.19. The van der Waals surface area contributed by atoms with E-state index in [9.17, 15) is 9.90 Å². The van der Waals surface area contributed by atoms with Gasteiger partial charge in [-0.05, 0) is 30.4 Å². The summed E-state index contributed by atoms with van der Waals surface area (Å²) in [6.45, 7) is 0.731. The maximum Gasteiger partial charge on any atom is 0.246 e. The normalized spacial score (nSPS) is 22.8. The Bertz CT molecular complexity index is 421. The molecule has 0 spiro atoms. The average molecular weight is 245 g/mol. The molecule has 1 aromatic carbocycles. The number of benzene rings is 1. The van der Waals surface area contributed by atoms with Crippen LogP contribution in [-0.4, -0.2) is 35.6 Å². The largest absolute Gasteiger partial charge is 0.393 e. The molecule has 0 unspecified atom stereocenters. The molecule has 2 rings (SSSR count). The Hall–Kier alpha value is -1.61. The predicted octanol–water partition coefficient (Wildman–Crippen LogP) is 1.93. The van der Waals surface area contributed by atoms with Crippen molar-refractivity contribution in [1.29, 1.82) is 0 Å². The summed E-state index contributed by atoms with van der Waals surface area (Å²) >= 11 is 0. The van der Waals surface area contributed by atoms with E-state index in [4.69, 9.17) is 0 Å². The minimum Gasteiger partial charge on any atom is -0.393 e. The van der Waals surface area contributed by atoms with E-state index in [0.717, 1.165) is 24.9 Å². The van der Waals surface area contributed by atoms with Crippen molar-refractivity contribution in [2.75, 3.05) is 13.6 Å². The van der Waals surface area contributed by atoms with Crippen molar-refractivity contribution in [2.24, 2.45) is 5.92 Å². The summed E-state index contributed by atoms with van der Waals surface area (Å²) in [5.74, 6) is 0.472. The minimum absolute atomic E-state index is 0.0141. The highest BCUT2D eigenvalue weighted by Gasteiger charge is 2.28. The lowest BCUT2D eigenvalue weighted by molar-refractivity contribution is -0.126. The van der Waals surface area contributed by atoms with Gasteiger partial charge in [0.2, 0.25) is 5.91 Å². The van der Waals surface area contributed by atoms with E-state index >= 15 is 0 Å². The number of carbonyl (C=O) groups excluding carboxylic acids is 1. The minimum atomic E-state index is -0.154. The zero-order valence-electron chi connectivity index (χ0n) is 10.6. The molecule has 0 atom stereocenters. The first kappa shape index (κ1) is 12.8. The van der Waals surface area contributed by atoms with E-state index in [2.05, 4.69) is 0 Å². The number of hydrogen-bond donors (Lipinski definition) is 1. The first-order valence-electron chi connectivity index (χ1n) is 6.31. The quantitative estimate of drug-likeness (QED) is 0.823.